The predicted octanol–water partition coefficient (Wildman–Crippen LogP) is 9.70. The summed E-state index contributed by atoms with van der Waals surface area (Å²) < 4.78 is 15.6. The van der Waals surface area contributed by atoms with Crippen LogP contribution in [0, 0.1) is 11.8 Å². The minimum Gasteiger partial charge on any atom is -0.438 e. The van der Waals surface area contributed by atoms with Gasteiger partial charge in [-0.15, -0.1) is 0 Å². The van der Waals surface area contributed by atoms with E-state index in [1.165, 1.54) is 85.5 Å². The van der Waals surface area contributed by atoms with Gasteiger partial charge in [-0.25, -0.2) is 0 Å². The highest BCUT2D eigenvalue weighted by Crippen LogP contribution is 2.50. The van der Waals surface area contributed by atoms with Gasteiger partial charge in [0.05, 0.1) is 11.3 Å². The van der Waals surface area contributed by atoms with Gasteiger partial charge in [0.15, 0.2) is 12.3 Å². The third kappa shape index (κ3) is 3.64. The lowest BCUT2D eigenvalue weighted by molar-refractivity contribution is -0.668. The molecule has 1 aromatic heterocycles. The average Bonchev–Trinajstić information content (AvgIpc) is 3.86. The summed E-state index contributed by atoms with van der Waals surface area (Å²) >= 11 is 0. The lowest BCUT2D eigenvalue weighted by atomic mass is 9.68. The maximum absolute atomic E-state index is 6.59. The minimum absolute atomic E-state index is 0.674. The van der Waals surface area contributed by atoms with Crippen molar-refractivity contribution in [1.82, 2.24) is 0 Å². The van der Waals surface area contributed by atoms with E-state index < -0.39 is 0 Å². The molecule has 5 aromatic rings. The summed E-state index contributed by atoms with van der Waals surface area (Å²) in [4.78, 5) is 2.41. The van der Waals surface area contributed by atoms with Gasteiger partial charge < -0.3 is 14.1 Å². The molecule has 4 nitrogen and oxygen atoms in total. The summed E-state index contributed by atoms with van der Waals surface area (Å²) in [5.41, 5.74) is 12.3. The first-order valence-electron chi connectivity index (χ1n) is 17.2. The lowest BCUT2D eigenvalue weighted by Gasteiger charge is -2.36. The van der Waals surface area contributed by atoms with Gasteiger partial charge in [-0.3, -0.25) is 0 Å². The van der Waals surface area contributed by atoms with Crippen molar-refractivity contribution < 1.29 is 13.7 Å². The van der Waals surface area contributed by atoms with Crippen LogP contribution in [0.2, 0.25) is 0 Å². The van der Waals surface area contributed by atoms with Crippen molar-refractivity contribution in [2.45, 2.75) is 51.5 Å². The number of nitrogens with zero attached hydrogens (tertiary/aromatic N) is 2. The van der Waals surface area contributed by atoms with Crippen molar-refractivity contribution in [3.8, 4) is 5.75 Å². The second-order valence-corrected chi connectivity index (χ2v) is 14.1. The second-order valence-electron chi connectivity index (χ2n) is 14.1. The Hall–Kier alpha value is -4.83. The number of hydrogen-bond donors (Lipinski definition) is 0. The molecule has 6 aliphatic rings. The summed E-state index contributed by atoms with van der Waals surface area (Å²) in [5, 5.41) is 5.03. The van der Waals surface area contributed by atoms with E-state index in [-0.39, 0.29) is 0 Å². The third-order valence-corrected chi connectivity index (χ3v) is 11.7. The predicted molar refractivity (Wildman–Crippen MR) is 183 cm³/mol. The maximum atomic E-state index is 6.59. The molecule has 0 radical (unpaired) electrons. The van der Waals surface area contributed by atoms with Crippen molar-refractivity contribution in [3.63, 3.8) is 0 Å². The summed E-state index contributed by atoms with van der Waals surface area (Å²) in [7, 11) is 0. The Morgan fingerprint density at radius 1 is 0.696 bits per heavy atom. The molecule has 0 N–H and O–H groups in total. The van der Waals surface area contributed by atoms with E-state index in [1.807, 2.05) is 0 Å². The van der Waals surface area contributed by atoms with E-state index in [0.29, 0.717) is 11.8 Å². The van der Waals surface area contributed by atoms with Crippen molar-refractivity contribution in [2.75, 3.05) is 11.4 Å². The molecule has 11 rings (SSSR count). The molecule has 2 atom stereocenters. The fourth-order valence-electron chi connectivity index (χ4n) is 9.30. The lowest BCUT2D eigenvalue weighted by Crippen LogP contribution is -2.30. The molecule has 46 heavy (non-hydrogen) atoms. The van der Waals surface area contributed by atoms with Gasteiger partial charge >= 0.3 is 5.89 Å². The minimum atomic E-state index is 0.674. The van der Waals surface area contributed by atoms with Crippen LogP contribution >= 0.6 is 0 Å². The molecule has 0 spiro atoms. The number of ether oxygens (including phenoxy) is 1. The Kier molecular flexibility index (Phi) is 5.16. The number of fused-ring (bicyclic) bond motifs is 10. The standard InChI is InChI=1S/C42H35N2O2/c1-3-7-27-23-39-37(21-25(27)5-1)43-15-13-35(41(43)45-39)31-11-9-29-17-30-10-12-32(19-34(30)20-33(29)18-31)36-14-16-44-38-22-26-6-2-4-8-28(26)24-40(38)46-42(36)44/h1-8,18-24,29-30H,9-17H2/q+1. The van der Waals surface area contributed by atoms with Gasteiger partial charge in [0, 0.05) is 24.6 Å². The summed E-state index contributed by atoms with van der Waals surface area (Å²) in [6, 6.07) is 26.2. The second kappa shape index (κ2) is 9.35. The van der Waals surface area contributed by atoms with Crippen LogP contribution in [0.4, 0.5) is 5.69 Å². The zero-order valence-corrected chi connectivity index (χ0v) is 25.9. The van der Waals surface area contributed by atoms with Gasteiger partial charge in [-0.2, -0.15) is 4.57 Å². The molecule has 0 fully saturated rings. The monoisotopic (exact) mass is 599 g/mol. The maximum Gasteiger partial charge on any atom is 0.377 e. The molecule has 224 valence electrons. The summed E-state index contributed by atoms with van der Waals surface area (Å²) in [6.45, 7) is 2.00. The van der Waals surface area contributed by atoms with Crippen molar-refractivity contribution in [3.05, 3.63) is 131 Å². The molecule has 4 aromatic carbocycles. The van der Waals surface area contributed by atoms with E-state index in [1.54, 1.807) is 0 Å². The number of rotatable bonds is 1. The molecular weight excluding hydrogens is 564 g/mol. The van der Waals surface area contributed by atoms with Crippen LogP contribution in [0.25, 0.3) is 38.2 Å². The van der Waals surface area contributed by atoms with Crippen LogP contribution in [-0.4, -0.2) is 6.54 Å². The highest BCUT2D eigenvalue weighted by molar-refractivity contribution is 5.94. The van der Waals surface area contributed by atoms with E-state index in [9.17, 15) is 0 Å². The number of allylic oxidation sites excluding steroid dienone is 8. The third-order valence-electron chi connectivity index (χ3n) is 11.7. The topological polar surface area (TPSA) is 29.5 Å². The van der Waals surface area contributed by atoms with E-state index in [4.69, 9.17) is 9.15 Å². The number of hydrogen-bond acceptors (Lipinski definition) is 3. The average molecular weight is 600 g/mol. The van der Waals surface area contributed by atoms with Gasteiger partial charge in [-0.1, -0.05) is 66.8 Å². The van der Waals surface area contributed by atoms with Gasteiger partial charge in [0.25, 0.3) is 5.52 Å². The Bertz CT molecular complexity index is 2340. The molecule has 0 saturated heterocycles. The first kappa shape index (κ1) is 25.4. The Labute approximate surface area is 268 Å². The molecule has 3 aliphatic heterocycles. The van der Waals surface area contributed by atoms with Gasteiger partial charge in [-0.05, 0) is 112 Å². The number of aromatic nitrogens is 1. The van der Waals surface area contributed by atoms with Crippen molar-refractivity contribution in [1.29, 1.82) is 0 Å². The normalized spacial score (nSPS) is 24.8. The van der Waals surface area contributed by atoms with Crippen LogP contribution in [0.15, 0.2) is 129 Å². The smallest absolute Gasteiger partial charge is 0.377 e. The number of benzene rings is 4. The Morgan fingerprint density at radius 2 is 1.43 bits per heavy atom. The molecule has 4 heteroatoms. The van der Waals surface area contributed by atoms with Crippen LogP contribution < -0.4 is 14.2 Å². The zero-order chi connectivity index (χ0) is 29.9. The molecule has 3 aliphatic carbocycles. The largest absolute Gasteiger partial charge is 0.438 e. The van der Waals surface area contributed by atoms with Crippen molar-refractivity contribution in [2.24, 2.45) is 11.8 Å². The molecule has 2 unspecified atom stereocenters. The highest BCUT2D eigenvalue weighted by atomic mass is 16.5. The summed E-state index contributed by atoms with van der Waals surface area (Å²) in [6.07, 6.45) is 15.8. The van der Waals surface area contributed by atoms with E-state index in [2.05, 4.69) is 100 Å². The van der Waals surface area contributed by atoms with E-state index in [0.717, 1.165) is 61.9 Å². The molecule has 0 bridgehead atoms. The van der Waals surface area contributed by atoms with Crippen LogP contribution in [0.5, 0.6) is 5.75 Å². The van der Waals surface area contributed by atoms with Crippen LogP contribution in [0.1, 0.15) is 50.8 Å². The molecular formula is C42H35N2O2+. The van der Waals surface area contributed by atoms with Crippen molar-refractivity contribution >= 4 is 43.9 Å². The first-order chi connectivity index (χ1) is 22.7. The Morgan fingerprint density at radius 3 is 2.28 bits per heavy atom. The number of oxazole rings is 1. The van der Waals surface area contributed by atoms with Gasteiger partial charge in [0.1, 0.15) is 0 Å². The fourth-order valence-corrected chi connectivity index (χ4v) is 9.30. The number of aryl methyl sites for hydroxylation is 1. The fraction of sp³-hybridized carbons (Fsp3) is 0.262. The first-order valence-corrected chi connectivity index (χ1v) is 17.2. The number of anilines is 1. The highest BCUT2D eigenvalue weighted by Gasteiger charge is 2.39. The quantitative estimate of drug-likeness (QED) is 0.180. The zero-order valence-electron chi connectivity index (χ0n) is 25.9. The molecule has 4 heterocycles. The van der Waals surface area contributed by atoms with E-state index >= 15 is 0 Å². The SMILES string of the molecule is C1=C(C2=C3Oc4cc5ccccc5cc4N3CC2)CCC2CC3CCC(=C4CC[n+]5c4oc4cc6ccccc6cc45)C=C3C=C12. The van der Waals surface area contributed by atoms with Gasteiger partial charge in [0.2, 0.25) is 11.5 Å². The van der Waals surface area contributed by atoms with Crippen LogP contribution in [-0.2, 0) is 6.54 Å². The Balaban J connectivity index is 0.947. The molecule has 0 saturated carbocycles. The summed E-state index contributed by atoms with van der Waals surface area (Å²) in [5.74, 6) is 4.49. The van der Waals surface area contributed by atoms with Crippen LogP contribution in [0.3, 0.4) is 0 Å². The molecule has 0 amide bonds.